The zero-order valence-corrected chi connectivity index (χ0v) is 14.4. The third kappa shape index (κ3) is 4.77. The van der Waals surface area contributed by atoms with E-state index in [9.17, 15) is 17.6 Å². The van der Waals surface area contributed by atoms with Gasteiger partial charge in [-0.05, 0) is 35.9 Å². The van der Waals surface area contributed by atoms with Gasteiger partial charge in [0, 0.05) is 4.47 Å². The molecule has 0 bridgehead atoms. The summed E-state index contributed by atoms with van der Waals surface area (Å²) in [7, 11) is -2.52. The molecule has 0 amide bonds. The van der Waals surface area contributed by atoms with E-state index in [1.807, 2.05) is 0 Å². The minimum absolute atomic E-state index is 0.126. The van der Waals surface area contributed by atoms with Gasteiger partial charge in [0.15, 0.2) is 0 Å². The van der Waals surface area contributed by atoms with Crippen LogP contribution >= 0.6 is 15.9 Å². The van der Waals surface area contributed by atoms with Gasteiger partial charge in [0.2, 0.25) is 10.0 Å². The summed E-state index contributed by atoms with van der Waals surface area (Å²) in [5.74, 6) is -1.53. The second-order valence-corrected chi connectivity index (χ2v) is 7.31. The van der Waals surface area contributed by atoms with Crippen molar-refractivity contribution in [3.05, 3.63) is 63.9 Å². The largest absolute Gasteiger partial charge is 0.465 e. The van der Waals surface area contributed by atoms with Crippen LogP contribution in [0.15, 0.2) is 46.9 Å². The molecule has 122 valence electrons. The van der Waals surface area contributed by atoms with Crippen LogP contribution in [0.4, 0.5) is 10.1 Å². The quantitative estimate of drug-likeness (QED) is 0.779. The summed E-state index contributed by atoms with van der Waals surface area (Å²) in [6.45, 7) is 0. The number of ether oxygens (including phenoxy) is 1. The van der Waals surface area contributed by atoms with Gasteiger partial charge in [-0.15, -0.1) is 0 Å². The fourth-order valence-corrected chi connectivity index (χ4v) is 3.39. The van der Waals surface area contributed by atoms with E-state index < -0.39 is 21.8 Å². The predicted molar refractivity (Wildman–Crippen MR) is 88.1 cm³/mol. The van der Waals surface area contributed by atoms with Crippen molar-refractivity contribution in [3.63, 3.8) is 0 Å². The highest BCUT2D eigenvalue weighted by Gasteiger charge is 2.15. The molecule has 0 atom stereocenters. The fourth-order valence-electron chi connectivity index (χ4n) is 1.85. The maximum atomic E-state index is 13.7. The first-order chi connectivity index (χ1) is 10.8. The van der Waals surface area contributed by atoms with E-state index in [2.05, 4.69) is 25.4 Å². The average Bonchev–Trinajstić information content (AvgIpc) is 2.49. The van der Waals surface area contributed by atoms with Crippen molar-refractivity contribution in [3.8, 4) is 0 Å². The van der Waals surface area contributed by atoms with E-state index in [0.29, 0.717) is 15.6 Å². The Morgan fingerprint density at radius 3 is 2.43 bits per heavy atom. The smallest absolute Gasteiger partial charge is 0.337 e. The lowest BCUT2D eigenvalue weighted by atomic mass is 10.1. The molecule has 5 nitrogen and oxygen atoms in total. The number of anilines is 1. The first-order valence-corrected chi connectivity index (χ1v) is 8.88. The molecule has 0 heterocycles. The summed E-state index contributed by atoms with van der Waals surface area (Å²) in [6, 6.07) is 9.98. The molecule has 0 saturated heterocycles. The van der Waals surface area contributed by atoms with Gasteiger partial charge in [0.1, 0.15) is 5.82 Å². The lowest BCUT2D eigenvalue weighted by Crippen LogP contribution is -2.16. The molecule has 0 saturated carbocycles. The molecule has 2 rings (SSSR count). The molecular weight excluding hydrogens is 389 g/mol. The van der Waals surface area contributed by atoms with Crippen LogP contribution in [0.2, 0.25) is 0 Å². The number of hydrogen-bond donors (Lipinski definition) is 1. The second-order valence-electron chi connectivity index (χ2n) is 4.67. The van der Waals surface area contributed by atoms with Crippen LogP contribution in [0.5, 0.6) is 0 Å². The molecule has 8 heteroatoms. The van der Waals surface area contributed by atoms with E-state index in [1.54, 1.807) is 0 Å². The number of hydrogen-bond acceptors (Lipinski definition) is 4. The van der Waals surface area contributed by atoms with Crippen molar-refractivity contribution < 1.29 is 22.3 Å². The van der Waals surface area contributed by atoms with Crippen molar-refractivity contribution in [2.24, 2.45) is 0 Å². The van der Waals surface area contributed by atoms with E-state index in [1.165, 1.54) is 49.6 Å². The van der Waals surface area contributed by atoms with E-state index in [4.69, 9.17) is 0 Å². The van der Waals surface area contributed by atoms with Gasteiger partial charge in [-0.3, -0.25) is 4.72 Å². The average molecular weight is 402 g/mol. The SMILES string of the molecule is COC(=O)c1ccc(CS(=O)(=O)Nc2ccc(Br)cc2F)cc1. The lowest BCUT2D eigenvalue weighted by molar-refractivity contribution is 0.0600. The molecule has 0 spiro atoms. The summed E-state index contributed by atoms with van der Waals surface area (Å²) in [4.78, 5) is 11.3. The molecule has 0 fully saturated rings. The maximum absolute atomic E-state index is 13.7. The molecule has 0 aliphatic heterocycles. The summed E-state index contributed by atoms with van der Waals surface area (Å²) >= 11 is 3.10. The third-order valence-corrected chi connectivity index (χ3v) is 4.67. The number of benzene rings is 2. The van der Waals surface area contributed by atoms with Crippen LogP contribution < -0.4 is 4.72 Å². The molecule has 0 aliphatic rings. The van der Waals surface area contributed by atoms with Crippen LogP contribution in [0.25, 0.3) is 0 Å². The number of rotatable bonds is 5. The Labute approximate surface area is 141 Å². The number of methoxy groups -OCH3 is 1. The Morgan fingerprint density at radius 2 is 1.87 bits per heavy atom. The third-order valence-electron chi connectivity index (χ3n) is 2.93. The summed E-state index contributed by atoms with van der Waals surface area (Å²) in [5, 5.41) is 0. The number of carbonyl (C=O) groups is 1. The molecule has 0 aliphatic carbocycles. The van der Waals surface area contributed by atoms with E-state index >= 15 is 0 Å². The van der Waals surface area contributed by atoms with Gasteiger partial charge >= 0.3 is 5.97 Å². The van der Waals surface area contributed by atoms with Crippen molar-refractivity contribution in [2.75, 3.05) is 11.8 Å². The zero-order valence-electron chi connectivity index (χ0n) is 12.0. The van der Waals surface area contributed by atoms with Crippen molar-refractivity contribution in [1.29, 1.82) is 0 Å². The molecule has 2 aromatic carbocycles. The van der Waals surface area contributed by atoms with Gasteiger partial charge < -0.3 is 4.74 Å². The Hall–Kier alpha value is -1.93. The molecule has 2 aromatic rings. The highest BCUT2D eigenvalue weighted by atomic mass is 79.9. The summed E-state index contributed by atoms with van der Waals surface area (Å²) in [5.41, 5.74) is 0.655. The summed E-state index contributed by atoms with van der Waals surface area (Å²) < 4.78 is 45.2. The van der Waals surface area contributed by atoms with Crippen molar-refractivity contribution in [1.82, 2.24) is 0 Å². The number of halogens is 2. The van der Waals surface area contributed by atoms with Gasteiger partial charge in [-0.2, -0.15) is 0 Å². The molecular formula is C15H13BrFNO4S. The van der Waals surface area contributed by atoms with Crippen LogP contribution in [0.1, 0.15) is 15.9 Å². The van der Waals surface area contributed by atoms with Gasteiger partial charge in [-0.25, -0.2) is 17.6 Å². The first-order valence-electron chi connectivity index (χ1n) is 6.43. The van der Waals surface area contributed by atoms with E-state index in [0.717, 1.165) is 0 Å². The summed E-state index contributed by atoms with van der Waals surface area (Å²) in [6.07, 6.45) is 0. The van der Waals surface area contributed by atoms with Gasteiger partial charge in [0.25, 0.3) is 0 Å². The number of esters is 1. The normalized spacial score (nSPS) is 11.1. The second kappa shape index (κ2) is 7.10. The van der Waals surface area contributed by atoms with Crippen molar-refractivity contribution in [2.45, 2.75) is 5.75 Å². The zero-order chi connectivity index (χ0) is 17.0. The highest BCUT2D eigenvalue weighted by Crippen LogP contribution is 2.21. The number of carbonyl (C=O) groups excluding carboxylic acids is 1. The Bertz CT molecular complexity index is 822. The fraction of sp³-hybridized carbons (Fsp3) is 0.133. The predicted octanol–water partition coefficient (Wildman–Crippen LogP) is 3.32. The van der Waals surface area contributed by atoms with E-state index in [-0.39, 0.29) is 11.4 Å². The van der Waals surface area contributed by atoms with Crippen LogP contribution in [0.3, 0.4) is 0 Å². The molecule has 23 heavy (non-hydrogen) atoms. The monoisotopic (exact) mass is 401 g/mol. The van der Waals surface area contributed by atoms with Crippen LogP contribution in [-0.2, 0) is 20.5 Å². The van der Waals surface area contributed by atoms with Crippen LogP contribution in [-0.4, -0.2) is 21.5 Å². The standard InChI is InChI=1S/C15H13BrFNO4S/c1-22-15(19)11-4-2-10(3-5-11)9-23(20,21)18-14-7-6-12(16)8-13(14)17/h2-8,18H,9H2,1H3. The number of nitrogens with one attached hydrogen (secondary N) is 1. The minimum atomic E-state index is -3.78. The van der Waals surface area contributed by atoms with Gasteiger partial charge in [-0.1, -0.05) is 28.1 Å². The van der Waals surface area contributed by atoms with Crippen molar-refractivity contribution >= 4 is 37.6 Å². The topological polar surface area (TPSA) is 72.5 Å². The molecule has 0 unspecified atom stereocenters. The Balaban J connectivity index is 2.13. The first kappa shape index (κ1) is 17.4. The minimum Gasteiger partial charge on any atom is -0.465 e. The molecule has 0 radical (unpaired) electrons. The Kier molecular flexibility index (Phi) is 5.38. The Morgan fingerprint density at radius 1 is 1.22 bits per heavy atom. The molecule has 0 aromatic heterocycles. The lowest BCUT2D eigenvalue weighted by Gasteiger charge is -2.09. The highest BCUT2D eigenvalue weighted by molar-refractivity contribution is 9.10. The van der Waals surface area contributed by atoms with Crippen LogP contribution in [0, 0.1) is 5.82 Å². The maximum Gasteiger partial charge on any atom is 0.337 e. The molecule has 1 N–H and O–H groups in total. The number of sulfonamides is 1. The van der Waals surface area contributed by atoms with Gasteiger partial charge in [0.05, 0.1) is 24.1 Å².